The normalized spacial score (nSPS) is 14.9. The van der Waals surface area contributed by atoms with E-state index in [9.17, 15) is 13.2 Å². The van der Waals surface area contributed by atoms with E-state index in [2.05, 4.69) is 15.3 Å². The van der Waals surface area contributed by atoms with Crippen LogP contribution in [0.15, 0.2) is 71.6 Å². The molecular weight excluding hydrogens is 448 g/mol. The summed E-state index contributed by atoms with van der Waals surface area (Å²) in [7, 11) is -3.61. The first-order valence-corrected chi connectivity index (χ1v) is 12.8. The molecule has 4 aromatic rings. The number of anilines is 1. The van der Waals surface area contributed by atoms with Gasteiger partial charge < -0.3 is 10.3 Å². The summed E-state index contributed by atoms with van der Waals surface area (Å²) in [6.45, 7) is 2.85. The van der Waals surface area contributed by atoms with Crippen LogP contribution in [-0.4, -0.2) is 41.7 Å². The largest absolute Gasteiger partial charge is 0.338 e. The third-order valence-corrected chi connectivity index (χ3v) is 8.11. The average Bonchev–Trinajstić information content (AvgIpc) is 3.29. The number of carbonyl (C=O) groups is 1. The molecule has 174 valence electrons. The standard InChI is InChI=1S/C26H26N4O3S/c1-18-9-14-21(34(32,33)30-15-5-2-6-16-30)17-22(18)26(31)27-20-12-10-19(11-13-20)25-28-23-7-3-4-8-24(23)29-25/h3-4,7-14,17H,2,5-6,15-16H2,1H3,(H,27,31)(H,28,29). The molecule has 8 heteroatoms. The number of hydrogen-bond donors (Lipinski definition) is 2. The number of rotatable bonds is 5. The van der Waals surface area contributed by atoms with Crippen LogP contribution in [0.4, 0.5) is 5.69 Å². The maximum Gasteiger partial charge on any atom is 0.255 e. The Morgan fingerprint density at radius 2 is 1.71 bits per heavy atom. The zero-order chi connectivity index (χ0) is 23.7. The Kier molecular flexibility index (Phi) is 5.93. The monoisotopic (exact) mass is 474 g/mol. The van der Waals surface area contributed by atoms with E-state index in [-0.39, 0.29) is 10.8 Å². The first-order chi connectivity index (χ1) is 16.4. The molecule has 1 saturated heterocycles. The van der Waals surface area contributed by atoms with Gasteiger partial charge in [0.25, 0.3) is 5.91 Å². The fraction of sp³-hybridized carbons (Fsp3) is 0.231. The Morgan fingerprint density at radius 1 is 0.971 bits per heavy atom. The number of benzene rings is 3. The Bertz CT molecular complexity index is 1420. The molecule has 7 nitrogen and oxygen atoms in total. The Hall–Kier alpha value is -3.49. The Labute approximate surface area is 198 Å². The van der Waals surface area contributed by atoms with Crippen molar-refractivity contribution < 1.29 is 13.2 Å². The van der Waals surface area contributed by atoms with E-state index in [4.69, 9.17) is 0 Å². The van der Waals surface area contributed by atoms with Gasteiger partial charge in [-0.05, 0) is 73.9 Å². The van der Waals surface area contributed by atoms with Crippen molar-refractivity contribution in [3.05, 3.63) is 77.9 Å². The van der Waals surface area contributed by atoms with Crippen molar-refractivity contribution in [1.82, 2.24) is 14.3 Å². The van der Waals surface area contributed by atoms with Gasteiger partial charge in [0.15, 0.2) is 0 Å². The second kappa shape index (κ2) is 9.04. The topological polar surface area (TPSA) is 95.2 Å². The van der Waals surface area contributed by atoms with Gasteiger partial charge in [-0.2, -0.15) is 4.31 Å². The predicted octanol–water partition coefficient (Wildman–Crippen LogP) is 4.97. The molecule has 0 bridgehead atoms. The van der Waals surface area contributed by atoms with Crippen molar-refractivity contribution in [3.8, 4) is 11.4 Å². The van der Waals surface area contributed by atoms with Crippen LogP contribution in [0.5, 0.6) is 0 Å². The van der Waals surface area contributed by atoms with Crippen molar-refractivity contribution in [1.29, 1.82) is 0 Å². The highest BCUT2D eigenvalue weighted by Crippen LogP contribution is 2.25. The number of nitrogens with one attached hydrogen (secondary N) is 2. The lowest BCUT2D eigenvalue weighted by molar-refractivity contribution is 0.102. The number of aryl methyl sites for hydroxylation is 1. The molecule has 3 aromatic carbocycles. The number of piperidine rings is 1. The van der Waals surface area contributed by atoms with Crippen molar-refractivity contribution in [3.63, 3.8) is 0 Å². The number of aromatic amines is 1. The van der Waals surface area contributed by atoms with Crippen LogP contribution in [0.1, 0.15) is 35.2 Å². The van der Waals surface area contributed by atoms with Crippen LogP contribution in [0.3, 0.4) is 0 Å². The molecule has 1 aromatic heterocycles. The number of para-hydroxylation sites is 2. The number of amides is 1. The summed E-state index contributed by atoms with van der Waals surface area (Å²) < 4.78 is 27.6. The van der Waals surface area contributed by atoms with Crippen LogP contribution in [0.25, 0.3) is 22.4 Å². The first-order valence-electron chi connectivity index (χ1n) is 11.4. The van der Waals surface area contributed by atoms with Gasteiger partial charge in [-0.25, -0.2) is 13.4 Å². The minimum Gasteiger partial charge on any atom is -0.338 e. The van der Waals surface area contributed by atoms with Gasteiger partial charge in [0.1, 0.15) is 5.82 Å². The SMILES string of the molecule is Cc1ccc(S(=O)(=O)N2CCCCC2)cc1C(=O)Nc1ccc(-c2nc3ccccc3[nH]2)cc1. The quantitative estimate of drug-likeness (QED) is 0.427. The lowest BCUT2D eigenvalue weighted by atomic mass is 10.1. The fourth-order valence-corrected chi connectivity index (χ4v) is 5.80. The van der Waals surface area contributed by atoms with E-state index in [0.29, 0.717) is 29.9 Å². The molecule has 0 spiro atoms. The maximum absolute atomic E-state index is 13.1. The van der Waals surface area contributed by atoms with Crippen LogP contribution in [-0.2, 0) is 10.0 Å². The summed E-state index contributed by atoms with van der Waals surface area (Å²) in [5.74, 6) is 0.412. The number of aromatic nitrogens is 2. The molecule has 1 amide bonds. The van der Waals surface area contributed by atoms with Gasteiger partial charge in [0.05, 0.1) is 15.9 Å². The Morgan fingerprint density at radius 3 is 2.44 bits per heavy atom. The number of fused-ring (bicyclic) bond motifs is 1. The molecule has 1 aliphatic rings. The summed E-state index contributed by atoms with van der Waals surface area (Å²) in [4.78, 5) is 21.1. The van der Waals surface area contributed by atoms with Crippen molar-refractivity contribution >= 4 is 32.7 Å². The smallest absolute Gasteiger partial charge is 0.255 e. The third-order valence-electron chi connectivity index (χ3n) is 6.21. The number of carbonyl (C=O) groups excluding carboxylic acids is 1. The highest BCUT2D eigenvalue weighted by Gasteiger charge is 2.27. The van der Waals surface area contributed by atoms with Gasteiger partial charge >= 0.3 is 0 Å². The molecule has 34 heavy (non-hydrogen) atoms. The number of sulfonamides is 1. The van der Waals surface area contributed by atoms with Crippen molar-refractivity contribution in [2.75, 3.05) is 18.4 Å². The van der Waals surface area contributed by atoms with Crippen LogP contribution < -0.4 is 5.32 Å². The zero-order valence-electron chi connectivity index (χ0n) is 18.9. The van der Waals surface area contributed by atoms with E-state index in [1.54, 1.807) is 19.1 Å². The average molecular weight is 475 g/mol. The van der Waals surface area contributed by atoms with Crippen LogP contribution in [0, 0.1) is 6.92 Å². The molecule has 2 N–H and O–H groups in total. The van der Waals surface area contributed by atoms with Gasteiger partial charge in [-0.3, -0.25) is 4.79 Å². The lowest BCUT2D eigenvalue weighted by Crippen LogP contribution is -2.35. The van der Waals surface area contributed by atoms with Crippen molar-refractivity contribution in [2.45, 2.75) is 31.1 Å². The van der Waals surface area contributed by atoms with E-state index >= 15 is 0 Å². The van der Waals surface area contributed by atoms with E-state index in [0.717, 1.165) is 41.7 Å². The molecule has 0 radical (unpaired) electrons. The number of nitrogens with zero attached hydrogens (tertiary/aromatic N) is 2. The van der Waals surface area contributed by atoms with Crippen molar-refractivity contribution in [2.24, 2.45) is 0 Å². The van der Waals surface area contributed by atoms with E-state index < -0.39 is 10.0 Å². The second-order valence-electron chi connectivity index (χ2n) is 8.58. The lowest BCUT2D eigenvalue weighted by Gasteiger charge is -2.26. The highest BCUT2D eigenvalue weighted by molar-refractivity contribution is 7.89. The fourth-order valence-electron chi connectivity index (χ4n) is 4.26. The van der Waals surface area contributed by atoms with Gasteiger partial charge in [-0.15, -0.1) is 0 Å². The third kappa shape index (κ3) is 4.34. The van der Waals surface area contributed by atoms with Crippen LogP contribution >= 0.6 is 0 Å². The molecule has 0 atom stereocenters. The first kappa shape index (κ1) is 22.3. The van der Waals surface area contributed by atoms with Gasteiger partial charge in [0, 0.05) is 29.9 Å². The summed E-state index contributed by atoms with van der Waals surface area (Å²) in [5, 5.41) is 2.88. The molecule has 2 heterocycles. The summed E-state index contributed by atoms with van der Waals surface area (Å²) in [6, 6.07) is 20.0. The van der Waals surface area contributed by atoms with Crippen LogP contribution in [0.2, 0.25) is 0 Å². The molecule has 0 saturated carbocycles. The second-order valence-corrected chi connectivity index (χ2v) is 10.5. The maximum atomic E-state index is 13.1. The summed E-state index contributed by atoms with van der Waals surface area (Å²) in [6.07, 6.45) is 2.77. The minimum absolute atomic E-state index is 0.158. The molecular formula is C26H26N4O3S. The summed E-state index contributed by atoms with van der Waals surface area (Å²) in [5.41, 5.74) is 4.44. The molecule has 1 aliphatic heterocycles. The molecule has 1 fully saturated rings. The van der Waals surface area contributed by atoms with Gasteiger partial charge in [-0.1, -0.05) is 24.6 Å². The minimum atomic E-state index is -3.61. The molecule has 0 unspecified atom stereocenters. The van der Waals surface area contributed by atoms with E-state index in [1.165, 1.54) is 10.4 Å². The number of hydrogen-bond acceptors (Lipinski definition) is 4. The van der Waals surface area contributed by atoms with Gasteiger partial charge in [0.2, 0.25) is 10.0 Å². The van der Waals surface area contributed by atoms with E-state index in [1.807, 2.05) is 48.5 Å². The molecule has 5 rings (SSSR count). The predicted molar refractivity (Wildman–Crippen MR) is 133 cm³/mol. The zero-order valence-corrected chi connectivity index (χ0v) is 19.7. The molecule has 0 aliphatic carbocycles. The summed E-state index contributed by atoms with van der Waals surface area (Å²) >= 11 is 0. The highest BCUT2D eigenvalue weighted by atomic mass is 32.2. The number of H-pyrrole nitrogens is 1. The Balaban J connectivity index is 1.35. The number of imidazole rings is 1.